The summed E-state index contributed by atoms with van der Waals surface area (Å²) in [5.41, 5.74) is 1.08. The fourth-order valence-electron chi connectivity index (χ4n) is 3.39. The lowest BCUT2D eigenvalue weighted by Gasteiger charge is -2.20. The fourth-order valence-corrected chi connectivity index (χ4v) is 3.39. The highest BCUT2D eigenvalue weighted by Crippen LogP contribution is 2.37. The van der Waals surface area contributed by atoms with Gasteiger partial charge in [-0.1, -0.05) is 0 Å². The molecule has 0 unspecified atom stereocenters. The third-order valence-corrected chi connectivity index (χ3v) is 4.99. The van der Waals surface area contributed by atoms with Gasteiger partial charge in [0, 0.05) is 5.54 Å². The van der Waals surface area contributed by atoms with Crippen molar-refractivity contribution in [2.45, 2.75) is 54.0 Å². The number of esters is 2. The Morgan fingerprint density at radius 2 is 1.55 bits per heavy atom. The molecule has 8 heteroatoms. The van der Waals surface area contributed by atoms with Crippen molar-refractivity contribution in [1.82, 2.24) is 0 Å². The van der Waals surface area contributed by atoms with E-state index >= 15 is 0 Å². The molecule has 0 bridgehead atoms. The summed E-state index contributed by atoms with van der Waals surface area (Å²) < 4.78 is 22.1. The smallest absolute Gasteiger partial charge is 0.344 e. The zero-order chi connectivity index (χ0) is 24.5. The third kappa shape index (κ3) is 4.79. The van der Waals surface area contributed by atoms with Crippen molar-refractivity contribution in [3.05, 3.63) is 50.9 Å². The number of anilines is 1. The lowest BCUT2D eigenvalue weighted by molar-refractivity contribution is 0.0481. The summed E-state index contributed by atoms with van der Waals surface area (Å²) >= 11 is 0. The van der Waals surface area contributed by atoms with Crippen molar-refractivity contribution in [3.63, 3.8) is 0 Å². The van der Waals surface area contributed by atoms with E-state index < -0.39 is 22.9 Å². The summed E-state index contributed by atoms with van der Waals surface area (Å²) in [4.78, 5) is 39.3. The van der Waals surface area contributed by atoms with E-state index in [-0.39, 0.29) is 41.5 Å². The van der Waals surface area contributed by atoms with Gasteiger partial charge < -0.3 is 23.6 Å². The van der Waals surface area contributed by atoms with Gasteiger partial charge in [0.25, 0.3) is 0 Å². The van der Waals surface area contributed by atoms with Crippen molar-refractivity contribution >= 4 is 28.8 Å². The van der Waals surface area contributed by atoms with Crippen LogP contribution in [0.3, 0.4) is 0 Å². The van der Waals surface area contributed by atoms with Gasteiger partial charge in [0.2, 0.25) is 11.3 Å². The first-order chi connectivity index (χ1) is 15.5. The number of carbonyl (C=O) groups excluding carboxylic acids is 2. The van der Waals surface area contributed by atoms with Crippen molar-refractivity contribution in [2.75, 3.05) is 18.5 Å². The number of ether oxygens (including phenoxy) is 2. The highest BCUT2D eigenvalue weighted by molar-refractivity contribution is 6.10. The number of carbonyl (C=O) groups is 2. The van der Waals surface area contributed by atoms with E-state index in [1.165, 1.54) is 6.26 Å². The lowest BCUT2D eigenvalue weighted by atomic mass is 10.0. The summed E-state index contributed by atoms with van der Waals surface area (Å²) in [6.07, 6.45) is 1.23. The number of hydrogen-bond donors (Lipinski definition) is 1. The predicted molar refractivity (Wildman–Crippen MR) is 125 cm³/mol. The van der Waals surface area contributed by atoms with Gasteiger partial charge in [0.15, 0.2) is 5.76 Å². The summed E-state index contributed by atoms with van der Waals surface area (Å²) in [7, 11) is 0. The van der Waals surface area contributed by atoms with Crippen LogP contribution < -0.4 is 10.7 Å². The molecule has 0 spiro atoms. The second-order valence-electron chi connectivity index (χ2n) is 8.74. The molecule has 8 nitrogen and oxygen atoms in total. The van der Waals surface area contributed by atoms with E-state index in [2.05, 4.69) is 5.32 Å². The SMILES string of the molecule is CCOC(=O)c1c(NC(C)(C)C)oc(-c2coc3cc(C)c(C)cc3c2=O)c1C(=O)OCC. The Labute approximate surface area is 191 Å². The molecule has 0 saturated heterocycles. The van der Waals surface area contributed by atoms with Crippen LogP contribution in [0.2, 0.25) is 0 Å². The van der Waals surface area contributed by atoms with Crippen molar-refractivity contribution in [2.24, 2.45) is 0 Å². The first-order valence-corrected chi connectivity index (χ1v) is 10.8. The Balaban J connectivity index is 2.37. The van der Waals surface area contributed by atoms with Gasteiger partial charge in [-0.25, -0.2) is 9.59 Å². The summed E-state index contributed by atoms with van der Waals surface area (Å²) in [5, 5.41) is 3.42. The van der Waals surface area contributed by atoms with Crippen LogP contribution >= 0.6 is 0 Å². The molecular formula is C25H29NO7. The largest absolute Gasteiger partial charge is 0.463 e. The zero-order valence-corrected chi connectivity index (χ0v) is 20.0. The van der Waals surface area contributed by atoms with E-state index in [1.807, 2.05) is 34.6 Å². The Morgan fingerprint density at radius 3 is 2.12 bits per heavy atom. The van der Waals surface area contributed by atoms with Gasteiger partial charge in [0.05, 0.1) is 18.6 Å². The molecule has 2 aromatic heterocycles. The maximum absolute atomic E-state index is 13.4. The quantitative estimate of drug-likeness (QED) is 0.503. The monoisotopic (exact) mass is 455 g/mol. The maximum Gasteiger partial charge on any atom is 0.344 e. The molecule has 2 heterocycles. The second kappa shape index (κ2) is 9.13. The lowest BCUT2D eigenvalue weighted by Crippen LogP contribution is -2.27. The minimum Gasteiger partial charge on any atom is -0.463 e. The van der Waals surface area contributed by atoms with Gasteiger partial charge in [-0.3, -0.25) is 4.79 Å². The summed E-state index contributed by atoms with van der Waals surface area (Å²) in [6, 6.07) is 3.51. The fraction of sp³-hybridized carbons (Fsp3) is 0.400. The maximum atomic E-state index is 13.4. The second-order valence-corrected chi connectivity index (χ2v) is 8.74. The molecule has 0 radical (unpaired) electrons. The molecule has 0 saturated carbocycles. The Morgan fingerprint density at radius 1 is 0.970 bits per heavy atom. The molecule has 1 N–H and O–H groups in total. The number of hydrogen-bond acceptors (Lipinski definition) is 8. The average Bonchev–Trinajstić information content (AvgIpc) is 3.07. The van der Waals surface area contributed by atoms with E-state index in [1.54, 1.807) is 26.0 Å². The van der Waals surface area contributed by atoms with Crippen LogP contribution in [-0.4, -0.2) is 30.7 Å². The molecule has 0 aliphatic heterocycles. The number of fused-ring (bicyclic) bond motifs is 1. The van der Waals surface area contributed by atoms with Crippen LogP contribution in [-0.2, 0) is 9.47 Å². The van der Waals surface area contributed by atoms with Crippen LogP contribution in [0.15, 0.2) is 32.0 Å². The van der Waals surface area contributed by atoms with E-state index in [9.17, 15) is 14.4 Å². The van der Waals surface area contributed by atoms with Gasteiger partial charge >= 0.3 is 11.9 Å². The molecule has 0 fully saturated rings. The third-order valence-electron chi connectivity index (χ3n) is 4.99. The van der Waals surface area contributed by atoms with E-state index in [0.29, 0.717) is 11.0 Å². The number of furan rings is 1. The van der Waals surface area contributed by atoms with E-state index in [0.717, 1.165) is 11.1 Å². The Bertz CT molecular complexity index is 1270. The standard InChI is InChI=1S/C25H29NO7/c1-8-30-23(28)18-19(24(29)31-9-2)22(26-25(5,6)7)33-21(18)16-12-32-17-11-14(4)13(3)10-15(17)20(16)27/h10-12,26H,8-9H2,1-7H3. The van der Waals surface area contributed by atoms with Crippen LogP contribution in [0.25, 0.3) is 22.3 Å². The Kier molecular flexibility index (Phi) is 6.67. The van der Waals surface area contributed by atoms with Gasteiger partial charge in [-0.05, 0) is 71.7 Å². The van der Waals surface area contributed by atoms with Crippen molar-refractivity contribution in [3.8, 4) is 11.3 Å². The minimum atomic E-state index is -0.805. The normalized spacial score (nSPS) is 11.5. The Hall–Kier alpha value is -3.55. The summed E-state index contributed by atoms with van der Waals surface area (Å²) in [6.45, 7) is 12.9. The highest BCUT2D eigenvalue weighted by atomic mass is 16.5. The molecule has 0 aliphatic rings. The molecule has 0 aliphatic carbocycles. The molecule has 3 rings (SSSR count). The van der Waals surface area contributed by atoms with Crippen molar-refractivity contribution in [1.29, 1.82) is 0 Å². The van der Waals surface area contributed by atoms with Crippen LogP contribution in [0, 0.1) is 13.8 Å². The molecular weight excluding hydrogens is 426 g/mol. The first-order valence-electron chi connectivity index (χ1n) is 10.8. The molecule has 0 atom stereocenters. The first kappa shape index (κ1) is 24.1. The number of benzene rings is 1. The van der Waals surface area contributed by atoms with Crippen LogP contribution in [0.5, 0.6) is 0 Å². The number of aryl methyl sites for hydroxylation is 2. The number of nitrogens with one attached hydrogen (secondary N) is 1. The molecule has 3 aromatic rings. The number of rotatable bonds is 6. The van der Waals surface area contributed by atoms with Gasteiger partial charge in [-0.15, -0.1) is 0 Å². The summed E-state index contributed by atoms with van der Waals surface area (Å²) in [5.74, 6) is -1.67. The minimum absolute atomic E-state index is 0.00122. The van der Waals surface area contributed by atoms with Gasteiger partial charge in [0.1, 0.15) is 28.5 Å². The van der Waals surface area contributed by atoms with E-state index in [4.69, 9.17) is 18.3 Å². The molecule has 176 valence electrons. The topological polar surface area (TPSA) is 108 Å². The van der Waals surface area contributed by atoms with Crippen molar-refractivity contribution < 1.29 is 27.9 Å². The van der Waals surface area contributed by atoms with Gasteiger partial charge in [-0.2, -0.15) is 0 Å². The van der Waals surface area contributed by atoms with Crippen LogP contribution in [0.4, 0.5) is 5.88 Å². The molecule has 33 heavy (non-hydrogen) atoms. The predicted octanol–water partition coefficient (Wildman–Crippen LogP) is 5.23. The highest BCUT2D eigenvalue weighted by Gasteiger charge is 2.35. The molecule has 1 aromatic carbocycles. The molecule has 0 amide bonds. The zero-order valence-electron chi connectivity index (χ0n) is 20.0. The average molecular weight is 456 g/mol. The van der Waals surface area contributed by atoms with Crippen LogP contribution in [0.1, 0.15) is 66.5 Å².